The summed E-state index contributed by atoms with van der Waals surface area (Å²) in [7, 11) is 2.11. The Bertz CT molecular complexity index is 435. The lowest BCUT2D eigenvalue weighted by Crippen LogP contribution is -2.31. The molecule has 1 aromatic rings. The Morgan fingerprint density at radius 1 is 1.33 bits per heavy atom. The Balaban J connectivity index is 2.11. The third-order valence-electron chi connectivity index (χ3n) is 3.42. The number of ether oxygens (including phenoxy) is 1. The van der Waals surface area contributed by atoms with Crippen molar-refractivity contribution in [2.24, 2.45) is 0 Å². The van der Waals surface area contributed by atoms with Crippen molar-refractivity contribution in [3.63, 3.8) is 0 Å². The number of nitrogens with two attached hydrogens (primary N) is 1. The summed E-state index contributed by atoms with van der Waals surface area (Å²) in [6, 6.07) is 7.72. The topological polar surface area (TPSA) is 67.6 Å². The number of para-hydroxylation sites is 2. The molecule has 0 bridgehead atoms. The average molecular weight is 293 g/mol. The maximum absolute atomic E-state index is 11.6. The van der Waals surface area contributed by atoms with Crippen LogP contribution >= 0.6 is 0 Å². The van der Waals surface area contributed by atoms with Gasteiger partial charge in [0.25, 0.3) is 5.91 Å². The quantitative estimate of drug-likeness (QED) is 0.539. The van der Waals surface area contributed by atoms with Crippen molar-refractivity contribution >= 4 is 11.6 Å². The molecule has 0 fully saturated rings. The van der Waals surface area contributed by atoms with Crippen molar-refractivity contribution in [2.75, 3.05) is 32.5 Å². The summed E-state index contributed by atoms with van der Waals surface area (Å²) < 4.78 is 5.38. The first-order chi connectivity index (χ1) is 10.0. The highest BCUT2D eigenvalue weighted by molar-refractivity contribution is 5.77. The van der Waals surface area contributed by atoms with Crippen LogP contribution in [0.1, 0.15) is 26.7 Å². The molecule has 1 amide bonds. The summed E-state index contributed by atoms with van der Waals surface area (Å²) in [6.45, 7) is 6.08. The molecule has 5 nitrogen and oxygen atoms in total. The molecular formula is C16H27N3O2. The zero-order chi connectivity index (χ0) is 15.7. The van der Waals surface area contributed by atoms with Crippen LogP contribution in [-0.4, -0.2) is 43.6 Å². The van der Waals surface area contributed by atoms with Gasteiger partial charge < -0.3 is 20.7 Å². The number of hydrogen-bond acceptors (Lipinski definition) is 4. The number of nitrogens with one attached hydrogen (secondary N) is 1. The van der Waals surface area contributed by atoms with Crippen LogP contribution in [0.15, 0.2) is 24.3 Å². The van der Waals surface area contributed by atoms with E-state index in [1.165, 1.54) is 0 Å². The smallest absolute Gasteiger partial charge is 0.257 e. The second-order valence-corrected chi connectivity index (χ2v) is 5.46. The molecule has 21 heavy (non-hydrogen) atoms. The van der Waals surface area contributed by atoms with Crippen molar-refractivity contribution < 1.29 is 9.53 Å². The fourth-order valence-electron chi connectivity index (χ4n) is 1.78. The van der Waals surface area contributed by atoms with Crippen molar-refractivity contribution in [2.45, 2.75) is 32.7 Å². The third kappa shape index (κ3) is 6.99. The molecule has 5 heteroatoms. The van der Waals surface area contributed by atoms with Crippen LogP contribution in [-0.2, 0) is 4.79 Å². The number of carbonyl (C=O) groups excluding carboxylic acids is 1. The highest BCUT2D eigenvalue weighted by Crippen LogP contribution is 2.19. The van der Waals surface area contributed by atoms with E-state index < -0.39 is 0 Å². The third-order valence-corrected chi connectivity index (χ3v) is 3.42. The summed E-state index contributed by atoms with van der Waals surface area (Å²) in [5.74, 6) is 0.432. The predicted molar refractivity (Wildman–Crippen MR) is 86.4 cm³/mol. The minimum absolute atomic E-state index is 0.000109. The second-order valence-electron chi connectivity index (χ2n) is 5.46. The minimum Gasteiger partial charge on any atom is -0.482 e. The molecule has 118 valence electrons. The Morgan fingerprint density at radius 3 is 2.71 bits per heavy atom. The molecule has 0 atom stereocenters. The molecule has 3 N–H and O–H groups in total. The minimum atomic E-state index is -0.115. The summed E-state index contributed by atoms with van der Waals surface area (Å²) in [5, 5.41) is 2.85. The molecule has 0 heterocycles. The van der Waals surface area contributed by atoms with Crippen molar-refractivity contribution in [3.8, 4) is 5.75 Å². The van der Waals surface area contributed by atoms with E-state index in [0.717, 1.165) is 19.4 Å². The largest absolute Gasteiger partial charge is 0.482 e. The van der Waals surface area contributed by atoms with Gasteiger partial charge in [0.2, 0.25) is 0 Å². The summed E-state index contributed by atoms with van der Waals surface area (Å²) in [4.78, 5) is 13.9. The number of nitrogen functional groups attached to an aromatic ring is 1. The maximum Gasteiger partial charge on any atom is 0.257 e. The SMILES string of the molecule is CC(C)N(C)CCCCNC(=O)COc1ccccc1N. The van der Waals surface area contributed by atoms with Gasteiger partial charge >= 0.3 is 0 Å². The van der Waals surface area contributed by atoms with Crippen LogP contribution in [0.3, 0.4) is 0 Å². The molecule has 0 radical (unpaired) electrons. The second kappa shape index (κ2) is 9.23. The first-order valence-corrected chi connectivity index (χ1v) is 7.45. The number of benzene rings is 1. The van der Waals surface area contributed by atoms with Crippen LogP contribution in [0.5, 0.6) is 5.75 Å². The lowest BCUT2D eigenvalue weighted by atomic mass is 10.2. The molecular weight excluding hydrogens is 266 g/mol. The van der Waals surface area contributed by atoms with Crippen molar-refractivity contribution in [1.82, 2.24) is 10.2 Å². The Hall–Kier alpha value is -1.75. The van der Waals surface area contributed by atoms with Gasteiger partial charge in [-0.2, -0.15) is 0 Å². The molecule has 1 rings (SSSR count). The van der Waals surface area contributed by atoms with E-state index in [-0.39, 0.29) is 12.5 Å². The summed E-state index contributed by atoms with van der Waals surface area (Å²) >= 11 is 0. The van der Waals surface area contributed by atoms with Gasteiger partial charge in [-0.1, -0.05) is 12.1 Å². The zero-order valence-electron chi connectivity index (χ0n) is 13.3. The van der Waals surface area contributed by atoms with E-state index in [0.29, 0.717) is 24.0 Å². The van der Waals surface area contributed by atoms with Crippen molar-refractivity contribution in [1.29, 1.82) is 0 Å². The number of rotatable bonds is 9. The standard InChI is InChI=1S/C16H27N3O2/c1-13(2)19(3)11-7-6-10-18-16(20)12-21-15-9-5-4-8-14(15)17/h4-5,8-9,13H,6-7,10-12,17H2,1-3H3,(H,18,20). The van der Waals surface area contributed by atoms with Crippen LogP contribution < -0.4 is 15.8 Å². The van der Waals surface area contributed by atoms with Gasteiger partial charge in [0.15, 0.2) is 6.61 Å². The summed E-state index contributed by atoms with van der Waals surface area (Å²) in [6.07, 6.45) is 2.04. The van der Waals surface area contributed by atoms with Gasteiger partial charge in [0.1, 0.15) is 5.75 Å². The molecule has 0 unspecified atom stereocenters. The predicted octanol–water partition coefficient (Wildman–Crippen LogP) is 1.88. The molecule has 1 aromatic carbocycles. The van der Waals surface area contributed by atoms with E-state index in [1.807, 2.05) is 12.1 Å². The van der Waals surface area contributed by atoms with Crippen LogP contribution in [0.2, 0.25) is 0 Å². The van der Waals surface area contributed by atoms with Crippen molar-refractivity contribution in [3.05, 3.63) is 24.3 Å². The van der Waals surface area contributed by atoms with Crippen LogP contribution in [0.4, 0.5) is 5.69 Å². The highest BCUT2D eigenvalue weighted by Gasteiger charge is 2.05. The van der Waals surface area contributed by atoms with Crippen LogP contribution in [0, 0.1) is 0 Å². The number of carbonyl (C=O) groups is 1. The number of nitrogens with zero attached hydrogens (tertiary/aromatic N) is 1. The van der Waals surface area contributed by atoms with E-state index in [2.05, 4.69) is 31.1 Å². The lowest BCUT2D eigenvalue weighted by Gasteiger charge is -2.20. The Labute approximate surface area is 127 Å². The normalized spacial score (nSPS) is 10.9. The number of anilines is 1. The first-order valence-electron chi connectivity index (χ1n) is 7.45. The van der Waals surface area contributed by atoms with Gasteiger partial charge in [0.05, 0.1) is 5.69 Å². The maximum atomic E-state index is 11.6. The molecule has 0 aromatic heterocycles. The number of amides is 1. The van der Waals surface area contributed by atoms with Crippen LogP contribution in [0.25, 0.3) is 0 Å². The van der Waals surface area contributed by atoms with Gasteiger partial charge in [0, 0.05) is 12.6 Å². The number of unbranched alkanes of at least 4 members (excludes halogenated alkanes) is 1. The molecule has 0 saturated heterocycles. The van der Waals surface area contributed by atoms with E-state index >= 15 is 0 Å². The summed E-state index contributed by atoms with van der Waals surface area (Å²) in [5.41, 5.74) is 6.28. The molecule has 0 aliphatic carbocycles. The fourth-order valence-corrected chi connectivity index (χ4v) is 1.78. The fraction of sp³-hybridized carbons (Fsp3) is 0.562. The van der Waals surface area contributed by atoms with Gasteiger partial charge in [-0.3, -0.25) is 4.79 Å². The number of hydrogen-bond donors (Lipinski definition) is 2. The van der Waals surface area contributed by atoms with Gasteiger partial charge in [-0.25, -0.2) is 0 Å². The zero-order valence-corrected chi connectivity index (χ0v) is 13.3. The molecule has 0 aliphatic heterocycles. The van der Waals surface area contributed by atoms with E-state index in [4.69, 9.17) is 10.5 Å². The average Bonchev–Trinajstić information content (AvgIpc) is 2.45. The monoisotopic (exact) mass is 293 g/mol. The Morgan fingerprint density at radius 2 is 2.05 bits per heavy atom. The molecule has 0 spiro atoms. The van der Waals surface area contributed by atoms with Gasteiger partial charge in [-0.05, 0) is 52.4 Å². The lowest BCUT2D eigenvalue weighted by molar-refractivity contribution is -0.123. The first kappa shape index (κ1) is 17.3. The van der Waals surface area contributed by atoms with Gasteiger partial charge in [-0.15, -0.1) is 0 Å². The van der Waals surface area contributed by atoms with E-state index in [9.17, 15) is 4.79 Å². The highest BCUT2D eigenvalue weighted by atomic mass is 16.5. The Kier molecular flexibility index (Phi) is 7.61. The van der Waals surface area contributed by atoms with E-state index in [1.54, 1.807) is 12.1 Å². The molecule has 0 saturated carbocycles. The molecule has 0 aliphatic rings.